The van der Waals surface area contributed by atoms with E-state index in [2.05, 4.69) is 5.10 Å². The van der Waals surface area contributed by atoms with Crippen molar-refractivity contribution in [1.82, 2.24) is 9.78 Å². The molecular weight excluding hydrogens is 464 g/mol. The largest absolute Gasteiger partial charge is 0.497 e. The highest BCUT2D eigenvalue weighted by atomic mass is 16.5. The minimum absolute atomic E-state index is 0.0486. The van der Waals surface area contributed by atoms with E-state index < -0.39 is 0 Å². The Morgan fingerprint density at radius 2 is 1.68 bits per heavy atom. The number of hydrogen-bond acceptors (Lipinski definition) is 4. The molecule has 7 nitrogen and oxygen atoms in total. The number of fused-ring (bicyclic) bond motifs is 1. The molecule has 7 heteroatoms. The van der Waals surface area contributed by atoms with Crippen LogP contribution >= 0.6 is 0 Å². The highest BCUT2D eigenvalue weighted by Crippen LogP contribution is 2.43. The third-order valence-electron chi connectivity index (χ3n) is 6.92. The number of aromatic nitrogens is 2. The van der Waals surface area contributed by atoms with E-state index in [1.54, 1.807) is 43.0 Å². The number of carbonyl (C=O) groups excluding carboxylic acids is 2. The van der Waals surface area contributed by atoms with Crippen molar-refractivity contribution in [3.63, 3.8) is 0 Å². The first-order valence-electron chi connectivity index (χ1n) is 12.3. The van der Waals surface area contributed by atoms with Crippen molar-refractivity contribution >= 4 is 23.2 Å². The SMILES string of the molecule is COc1ccc(C(=O)N2c3ccccc3[C@H](N(C(C)=O)c3ccc(-c4ccn(C)n4)cc3)C[C@@H]2C)cc1. The molecule has 4 aromatic rings. The summed E-state index contributed by atoms with van der Waals surface area (Å²) >= 11 is 0. The Morgan fingerprint density at radius 1 is 0.973 bits per heavy atom. The van der Waals surface area contributed by atoms with Gasteiger partial charge in [0.1, 0.15) is 5.75 Å². The van der Waals surface area contributed by atoms with Gasteiger partial charge < -0.3 is 14.5 Å². The van der Waals surface area contributed by atoms with Crippen LogP contribution in [-0.4, -0.2) is 34.7 Å². The molecule has 37 heavy (non-hydrogen) atoms. The van der Waals surface area contributed by atoms with Crippen LogP contribution in [0.5, 0.6) is 5.75 Å². The molecule has 2 atom stereocenters. The first-order valence-corrected chi connectivity index (χ1v) is 12.3. The van der Waals surface area contributed by atoms with Crippen LogP contribution in [0, 0.1) is 0 Å². The first-order chi connectivity index (χ1) is 17.9. The molecule has 0 fully saturated rings. The molecule has 0 aliphatic carbocycles. The molecule has 0 N–H and O–H groups in total. The van der Waals surface area contributed by atoms with E-state index in [1.165, 1.54) is 0 Å². The lowest BCUT2D eigenvalue weighted by Gasteiger charge is -2.43. The summed E-state index contributed by atoms with van der Waals surface area (Å²) < 4.78 is 7.01. The Balaban J connectivity index is 1.50. The van der Waals surface area contributed by atoms with Crippen LogP contribution in [0.1, 0.15) is 42.2 Å². The molecule has 0 saturated heterocycles. The fourth-order valence-corrected chi connectivity index (χ4v) is 5.15. The van der Waals surface area contributed by atoms with Gasteiger partial charge in [-0.1, -0.05) is 30.3 Å². The standard InChI is InChI=1S/C30H30N4O3/c1-20-19-29(34(21(2)35)24-13-9-22(10-14-24)27-17-18-32(3)31-27)26-7-5-6-8-28(26)33(20)30(36)23-11-15-25(37-4)16-12-23/h5-18,20,29H,19H2,1-4H3/t20-,29+/m0/s1. The maximum Gasteiger partial charge on any atom is 0.258 e. The van der Waals surface area contributed by atoms with Crippen LogP contribution in [0.3, 0.4) is 0 Å². The number of carbonyl (C=O) groups is 2. The van der Waals surface area contributed by atoms with Gasteiger partial charge in [-0.2, -0.15) is 5.10 Å². The molecule has 0 bridgehead atoms. The molecule has 0 saturated carbocycles. The Hall–Kier alpha value is -4.39. The van der Waals surface area contributed by atoms with E-state index in [-0.39, 0.29) is 23.9 Å². The Labute approximate surface area is 216 Å². The van der Waals surface area contributed by atoms with Crippen molar-refractivity contribution in [2.75, 3.05) is 16.9 Å². The molecule has 1 aromatic heterocycles. The quantitative estimate of drug-likeness (QED) is 0.361. The van der Waals surface area contributed by atoms with Crippen LogP contribution in [-0.2, 0) is 11.8 Å². The van der Waals surface area contributed by atoms with Gasteiger partial charge in [-0.15, -0.1) is 0 Å². The molecule has 1 aliphatic heterocycles. The molecule has 5 rings (SSSR count). The summed E-state index contributed by atoms with van der Waals surface area (Å²) in [6.07, 6.45) is 2.52. The Morgan fingerprint density at radius 3 is 2.30 bits per heavy atom. The molecule has 2 amide bonds. The van der Waals surface area contributed by atoms with Gasteiger partial charge in [-0.05, 0) is 67.4 Å². The molecule has 2 heterocycles. The van der Waals surface area contributed by atoms with Crippen LogP contribution in [0.25, 0.3) is 11.3 Å². The van der Waals surface area contributed by atoms with Crippen molar-refractivity contribution in [2.24, 2.45) is 7.05 Å². The number of methoxy groups -OCH3 is 1. The maximum atomic E-state index is 13.6. The van der Waals surface area contributed by atoms with E-state index in [0.29, 0.717) is 17.7 Å². The fraction of sp³-hybridized carbons (Fsp3) is 0.233. The second-order valence-corrected chi connectivity index (χ2v) is 9.37. The normalized spacial score (nSPS) is 16.7. The van der Waals surface area contributed by atoms with Crippen LogP contribution in [0.15, 0.2) is 85.1 Å². The van der Waals surface area contributed by atoms with E-state index in [0.717, 1.165) is 28.2 Å². The van der Waals surface area contributed by atoms with Gasteiger partial charge in [0, 0.05) is 48.7 Å². The van der Waals surface area contributed by atoms with Gasteiger partial charge in [0.15, 0.2) is 0 Å². The number of nitrogens with zero attached hydrogens (tertiary/aromatic N) is 4. The average Bonchev–Trinajstić information content (AvgIpc) is 3.35. The van der Waals surface area contributed by atoms with Crippen LogP contribution in [0.4, 0.5) is 11.4 Å². The monoisotopic (exact) mass is 494 g/mol. The smallest absolute Gasteiger partial charge is 0.258 e. The molecule has 0 spiro atoms. The number of benzene rings is 3. The third kappa shape index (κ3) is 4.60. The van der Waals surface area contributed by atoms with Crippen molar-refractivity contribution in [3.05, 3.63) is 96.2 Å². The summed E-state index contributed by atoms with van der Waals surface area (Å²) in [7, 11) is 3.49. The zero-order valence-corrected chi connectivity index (χ0v) is 21.5. The zero-order chi connectivity index (χ0) is 26.1. The second kappa shape index (κ2) is 9.93. The van der Waals surface area contributed by atoms with Gasteiger partial charge >= 0.3 is 0 Å². The lowest BCUT2D eigenvalue weighted by atomic mass is 9.89. The summed E-state index contributed by atoms with van der Waals surface area (Å²) in [5.74, 6) is 0.581. The number of ether oxygens (including phenoxy) is 1. The number of rotatable bonds is 5. The van der Waals surface area contributed by atoms with Gasteiger partial charge in [0.05, 0.1) is 18.8 Å². The summed E-state index contributed by atoms with van der Waals surface area (Å²) in [5, 5.41) is 4.47. The topological polar surface area (TPSA) is 67.7 Å². The molecule has 1 aliphatic rings. The minimum Gasteiger partial charge on any atom is -0.497 e. The Bertz CT molecular complexity index is 1430. The lowest BCUT2D eigenvalue weighted by molar-refractivity contribution is -0.117. The molecule has 3 aromatic carbocycles. The third-order valence-corrected chi connectivity index (χ3v) is 6.92. The molecular formula is C30H30N4O3. The van der Waals surface area contributed by atoms with Crippen LogP contribution in [0.2, 0.25) is 0 Å². The maximum absolute atomic E-state index is 13.6. The highest BCUT2D eigenvalue weighted by molar-refractivity contribution is 6.07. The fourth-order valence-electron chi connectivity index (χ4n) is 5.15. The summed E-state index contributed by atoms with van der Waals surface area (Å²) in [6, 6.07) is 24.6. The predicted octanol–water partition coefficient (Wildman–Crippen LogP) is 5.63. The zero-order valence-electron chi connectivity index (χ0n) is 21.5. The second-order valence-electron chi connectivity index (χ2n) is 9.37. The highest BCUT2D eigenvalue weighted by Gasteiger charge is 2.38. The molecule has 188 valence electrons. The summed E-state index contributed by atoms with van der Waals surface area (Å²) in [5.41, 5.74) is 5.05. The van der Waals surface area contributed by atoms with Gasteiger partial charge in [0.2, 0.25) is 5.91 Å². The van der Waals surface area contributed by atoms with E-state index in [1.807, 2.05) is 84.6 Å². The predicted molar refractivity (Wildman–Crippen MR) is 145 cm³/mol. The number of aryl methyl sites for hydroxylation is 1. The minimum atomic E-state index is -0.204. The molecule has 0 unspecified atom stereocenters. The van der Waals surface area contributed by atoms with Gasteiger partial charge in [-0.3, -0.25) is 14.3 Å². The van der Waals surface area contributed by atoms with Crippen LogP contribution < -0.4 is 14.5 Å². The van der Waals surface area contributed by atoms with E-state index in [4.69, 9.17) is 4.74 Å². The molecule has 0 radical (unpaired) electrons. The van der Waals surface area contributed by atoms with Gasteiger partial charge in [-0.25, -0.2) is 0 Å². The summed E-state index contributed by atoms with van der Waals surface area (Å²) in [4.78, 5) is 30.3. The lowest BCUT2D eigenvalue weighted by Crippen LogP contribution is -2.47. The number of anilines is 2. The summed E-state index contributed by atoms with van der Waals surface area (Å²) in [6.45, 7) is 3.63. The van der Waals surface area contributed by atoms with Crippen molar-refractivity contribution in [2.45, 2.75) is 32.4 Å². The number of hydrogen-bond donors (Lipinski definition) is 0. The number of amides is 2. The van der Waals surface area contributed by atoms with Gasteiger partial charge in [0.25, 0.3) is 5.91 Å². The number of para-hydroxylation sites is 1. The van der Waals surface area contributed by atoms with E-state index in [9.17, 15) is 9.59 Å². The average molecular weight is 495 g/mol. The Kier molecular flexibility index (Phi) is 6.53. The first kappa shape index (κ1) is 24.3. The van der Waals surface area contributed by atoms with Crippen molar-refractivity contribution < 1.29 is 14.3 Å². The van der Waals surface area contributed by atoms with E-state index >= 15 is 0 Å². The van der Waals surface area contributed by atoms with Crippen molar-refractivity contribution in [1.29, 1.82) is 0 Å². The van der Waals surface area contributed by atoms with Crippen molar-refractivity contribution in [3.8, 4) is 17.0 Å².